The van der Waals surface area contributed by atoms with E-state index in [1.54, 1.807) is 23.6 Å². The van der Waals surface area contributed by atoms with Crippen LogP contribution in [0.5, 0.6) is 17.2 Å². The van der Waals surface area contributed by atoms with Gasteiger partial charge in [0.2, 0.25) is 5.91 Å². The number of thiazole rings is 1. The molecule has 1 heterocycles. The highest BCUT2D eigenvalue weighted by molar-refractivity contribution is 7.13. The van der Waals surface area contributed by atoms with E-state index in [-0.39, 0.29) is 18.0 Å². The molecule has 1 unspecified atom stereocenters. The Morgan fingerprint density at radius 2 is 1.95 bits per heavy atom. The third-order valence-corrected chi connectivity index (χ3v) is 6.00. The standard InChI is InChI=1S/C27H27N3O6S/c1-3-6-19-7-4-5-8-22(19)35-11-12-36-23-10-9-18(14-24(23)34-2)13-20(16-28)26(33)30-27-29-21(17-37-27)15-25(31)32/h3-5,7-10,14,17,20H,1,6,11-13,15H2,2H3,(H,31,32)(H,29,30,33). The van der Waals surface area contributed by atoms with Gasteiger partial charge in [-0.05, 0) is 42.2 Å². The highest BCUT2D eigenvalue weighted by Gasteiger charge is 2.21. The molecule has 0 saturated heterocycles. The molecule has 3 aromatic rings. The van der Waals surface area contributed by atoms with E-state index in [1.807, 2.05) is 36.4 Å². The number of carboxylic acid groups (broad SMARTS) is 1. The summed E-state index contributed by atoms with van der Waals surface area (Å²) in [4.78, 5) is 27.5. The van der Waals surface area contributed by atoms with Gasteiger partial charge in [-0.15, -0.1) is 17.9 Å². The minimum Gasteiger partial charge on any atom is -0.493 e. The number of carbonyl (C=O) groups is 2. The normalized spacial score (nSPS) is 11.1. The van der Waals surface area contributed by atoms with Gasteiger partial charge in [-0.1, -0.05) is 30.3 Å². The van der Waals surface area contributed by atoms with Crippen LogP contribution in [-0.2, 0) is 28.9 Å². The van der Waals surface area contributed by atoms with E-state index in [0.717, 1.165) is 22.6 Å². The molecule has 0 bridgehead atoms. The summed E-state index contributed by atoms with van der Waals surface area (Å²) in [6, 6.07) is 15.0. The van der Waals surface area contributed by atoms with Crippen molar-refractivity contribution < 1.29 is 28.9 Å². The minimum absolute atomic E-state index is 0.148. The molecule has 3 rings (SSSR count). The van der Waals surface area contributed by atoms with Crippen molar-refractivity contribution in [3.8, 4) is 23.3 Å². The third-order valence-electron chi connectivity index (χ3n) is 5.19. The molecule has 1 atom stereocenters. The van der Waals surface area contributed by atoms with E-state index in [2.05, 4.69) is 16.9 Å². The second-order valence-corrected chi connectivity index (χ2v) is 8.73. The molecular weight excluding hydrogens is 494 g/mol. The van der Waals surface area contributed by atoms with Crippen molar-refractivity contribution in [3.05, 3.63) is 77.3 Å². The molecule has 9 nitrogen and oxygen atoms in total. The van der Waals surface area contributed by atoms with Crippen molar-refractivity contribution in [2.24, 2.45) is 5.92 Å². The van der Waals surface area contributed by atoms with Gasteiger partial charge in [0.25, 0.3) is 0 Å². The number of methoxy groups -OCH3 is 1. The fraction of sp³-hybridized carbons (Fsp3) is 0.259. The van der Waals surface area contributed by atoms with Crippen LogP contribution >= 0.6 is 11.3 Å². The predicted molar refractivity (Wildman–Crippen MR) is 139 cm³/mol. The molecule has 0 radical (unpaired) electrons. The van der Waals surface area contributed by atoms with Crippen molar-refractivity contribution in [1.82, 2.24) is 4.98 Å². The third kappa shape index (κ3) is 8.08. The van der Waals surface area contributed by atoms with Crippen LogP contribution in [0.4, 0.5) is 5.13 Å². The Morgan fingerprint density at radius 3 is 2.65 bits per heavy atom. The number of ether oxygens (including phenoxy) is 3. The molecule has 1 amide bonds. The average molecular weight is 522 g/mol. The van der Waals surface area contributed by atoms with Gasteiger partial charge >= 0.3 is 5.97 Å². The van der Waals surface area contributed by atoms with E-state index >= 15 is 0 Å². The van der Waals surface area contributed by atoms with Gasteiger partial charge < -0.3 is 24.6 Å². The van der Waals surface area contributed by atoms with E-state index in [4.69, 9.17) is 19.3 Å². The number of nitriles is 1. The van der Waals surface area contributed by atoms with Crippen molar-refractivity contribution in [2.75, 3.05) is 25.6 Å². The first-order valence-electron chi connectivity index (χ1n) is 11.4. The Labute approximate surface area is 218 Å². The number of nitrogens with one attached hydrogen (secondary N) is 1. The molecular formula is C27H27N3O6S. The number of rotatable bonds is 14. The summed E-state index contributed by atoms with van der Waals surface area (Å²) in [6.45, 7) is 4.39. The Hall–Kier alpha value is -4.36. The molecule has 192 valence electrons. The number of anilines is 1. The summed E-state index contributed by atoms with van der Waals surface area (Å²) in [5, 5.41) is 22.8. The van der Waals surface area contributed by atoms with Crippen LogP contribution in [0.25, 0.3) is 0 Å². The summed E-state index contributed by atoms with van der Waals surface area (Å²) >= 11 is 1.11. The fourth-order valence-corrected chi connectivity index (χ4v) is 4.17. The largest absolute Gasteiger partial charge is 0.493 e. The number of aliphatic carboxylic acids is 1. The molecule has 10 heteroatoms. The molecule has 0 aliphatic carbocycles. The second kappa shape index (κ2) is 13.7. The number of amides is 1. The number of carbonyl (C=O) groups excluding carboxylic acids is 1. The van der Waals surface area contributed by atoms with Crippen molar-refractivity contribution in [3.63, 3.8) is 0 Å². The Kier molecular flexibility index (Phi) is 10.0. The molecule has 0 saturated carbocycles. The van der Waals surface area contributed by atoms with Crippen molar-refractivity contribution in [1.29, 1.82) is 5.26 Å². The van der Waals surface area contributed by atoms with Crippen LogP contribution in [0, 0.1) is 17.2 Å². The monoisotopic (exact) mass is 521 g/mol. The van der Waals surface area contributed by atoms with E-state index in [0.29, 0.717) is 42.4 Å². The average Bonchev–Trinajstić information content (AvgIpc) is 3.32. The van der Waals surface area contributed by atoms with Crippen LogP contribution in [0.1, 0.15) is 16.8 Å². The Morgan fingerprint density at radius 1 is 1.19 bits per heavy atom. The summed E-state index contributed by atoms with van der Waals surface area (Å²) < 4.78 is 17.1. The van der Waals surface area contributed by atoms with Crippen molar-refractivity contribution in [2.45, 2.75) is 19.3 Å². The first kappa shape index (κ1) is 27.2. The highest BCUT2D eigenvalue weighted by Crippen LogP contribution is 2.29. The number of nitrogens with zero attached hydrogens (tertiary/aromatic N) is 2. The zero-order valence-corrected chi connectivity index (χ0v) is 21.1. The van der Waals surface area contributed by atoms with Gasteiger partial charge in [0.15, 0.2) is 16.6 Å². The number of hydrogen-bond donors (Lipinski definition) is 2. The number of carboxylic acids is 1. The summed E-state index contributed by atoms with van der Waals surface area (Å²) in [5.41, 5.74) is 2.10. The van der Waals surface area contributed by atoms with Gasteiger partial charge in [-0.25, -0.2) is 4.98 Å². The lowest BCUT2D eigenvalue weighted by Gasteiger charge is -2.14. The number of benzene rings is 2. The maximum absolute atomic E-state index is 12.6. The van der Waals surface area contributed by atoms with Crippen LogP contribution in [0.2, 0.25) is 0 Å². The van der Waals surface area contributed by atoms with Crippen LogP contribution in [0.15, 0.2) is 60.5 Å². The SMILES string of the molecule is C=CCc1ccccc1OCCOc1ccc(CC(C#N)C(=O)Nc2nc(CC(=O)O)cs2)cc1OC. The summed E-state index contributed by atoms with van der Waals surface area (Å²) in [6.07, 6.45) is 2.44. The number of para-hydroxylation sites is 1. The van der Waals surface area contributed by atoms with Gasteiger partial charge in [0, 0.05) is 5.38 Å². The lowest BCUT2D eigenvalue weighted by atomic mass is 9.99. The van der Waals surface area contributed by atoms with E-state index in [1.165, 1.54) is 7.11 Å². The van der Waals surface area contributed by atoms with Gasteiger partial charge in [-0.2, -0.15) is 5.26 Å². The quantitative estimate of drug-likeness (QED) is 0.237. The number of hydrogen-bond acceptors (Lipinski definition) is 8. The van der Waals surface area contributed by atoms with Crippen LogP contribution < -0.4 is 19.5 Å². The first-order valence-corrected chi connectivity index (χ1v) is 12.3. The molecule has 1 aromatic heterocycles. The summed E-state index contributed by atoms with van der Waals surface area (Å²) in [5.74, 6) is -0.745. The molecule has 0 spiro atoms. The van der Waals surface area contributed by atoms with Gasteiger partial charge in [0.05, 0.1) is 25.3 Å². The van der Waals surface area contributed by atoms with Gasteiger partial charge in [-0.3, -0.25) is 9.59 Å². The molecule has 0 fully saturated rings. The minimum atomic E-state index is -1.01. The zero-order valence-electron chi connectivity index (χ0n) is 20.3. The molecule has 0 aliphatic heterocycles. The predicted octanol–water partition coefficient (Wildman–Crippen LogP) is 4.29. The topological polar surface area (TPSA) is 131 Å². The highest BCUT2D eigenvalue weighted by atomic mass is 32.1. The summed E-state index contributed by atoms with van der Waals surface area (Å²) in [7, 11) is 1.51. The second-order valence-electron chi connectivity index (χ2n) is 7.87. The lowest BCUT2D eigenvalue weighted by Crippen LogP contribution is -2.23. The van der Waals surface area contributed by atoms with Gasteiger partial charge in [0.1, 0.15) is 24.9 Å². The molecule has 37 heavy (non-hydrogen) atoms. The van der Waals surface area contributed by atoms with E-state index < -0.39 is 17.8 Å². The van der Waals surface area contributed by atoms with Crippen LogP contribution in [0.3, 0.4) is 0 Å². The van der Waals surface area contributed by atoms with E-state index in [9.17, 15) is 14.9 Å². The Balaban J connectivity index is 1.56. The number of aromatic nitrogens is 1. The fourth-order valence-electron chi connectivity index (χ4n) is 3.46. The molecule has 0 aliphatic rings. The smallest absolute Gasteiger partial charge is 0.309 e. The van der Waals surface area contributed by atoms with Crippen molar-refractivity contribution >= 4 is 28.3 Å². The Bertz CT molecular complexity index is 1280. The molecule has 2 aromatic carbocycles. The number of allylic oxidation sites excluding steroid dienone is 1. The molecule has 2 N–H and O–H groups in total. The first-order chi connectivity index (χ1) is 17.9. The zero-order chi connectivity index (χ0) is 26.6. The maximum Gasteiger partial charge on any atom is 0.309 e. The maximum atomic E-state index is 12.6. The van der Waals surface area contributed by atoms with Crippen LogP contribution in [-0.4, -0.2) is 42.3 Å². The lowest BCUT2D eigenvalue weighted by molar-refractivity contribution is -0.136.